The summed E-state index contributed by atoms with van der Waals surface area (Å²) in [7, 11) is 0. The number of nitrogens with zero attached hydrogens (tertiary/aromatic N) is 4. The first-order chi connectivity index (χ1) is 16.2. The molecule has 0 atom stereocenters. The number of benzene rings is 2. The van der Waals surface area contributed by atoms with Gasteiger partial charge in [-0.05, 0) is 30.3 Å². The lowest BCUT2D eigenvalue weighted by Gasteiger charge is -2.36. The van der Waals surface area contributed by atoms with Crippen LogP contribution in [0.5, 0.6) is 11.5 Å². The van der Waals surface area contributed by atoms with E-state index in [1.54, 1.807) is 18.2 Å². The van der Waals surface area contributed by atoms with Gasteiger partial charge >= 0.3 is 0 Å². The summed E-state index contributed by atoms with van der Waals surface area (Å²) in [6, 6.07) is 15.2. The largest absolute Gasteiger partial charge is 0.454 e. The van der Waals surface area contributed by atoms with E-state index in [2.05, 4.69) is 32.5 Å². The molecule has 11 heteroatoms. The molecule has 2 aliphatic rings. The first-order valence-electron chi connectivity index (χ1n) is 10.4. The lowest BCUT2D eigenvalue weighted by molar-refractivity contribution is -0.128. The Balaban J connectivity index is 1.09. The number of para-hydroxylation sites is 1. The van der Waals surface area contributed by atoms with Crippen LogP contribution in [0.3, 0.4) is 0 Å². The highest BCUT2D eigenvalue weighted by atomic mass is 32.2. The van der Waals surface area contributed by atoms with Crippen LogP contribution < -0.4 is 19.7 Å². The van der Waals surface area contributed by atoms with Crippen LogP contribution in [0.25, 0.3) is 0 Å². The number of piperazine rings is 1. The number of carbonyl (C=O) groups excluding carboxylic acids is 2. The number of carbonyl (C=O) groups is 2. The van der Waals surface area contributed by atoms with E-state index in [4.69, 9.17) is 9.47 Å². The zero-order chi connectivity index (χ0) is 22.6. The number of nitrogens with one attached hydrogen (secondary N) is 1. The van der Waals surface area contributed by atoms with Crippen LogP contribution in [0.2, 0.25) is 0 Å². The molecule has 2 amide bonds. The maximum Gasteiger partial charge on any atom is 0.257 e. The molecule has 1 N–H and O–H groups in total. The molecule has 1 saturated heterocycles. The second kappa shape index (κ2) is 9.67. The van der Waals surface area contributed by atoms with Gasteiger partial charge in [-0.15, -0.1) is 10.2 Å². The fourth-order valence-corrected chi connectivity index (χ4v) is 5.24. The van der Waals surface area contributed by atoms with E-state index in [0.29, 0.717) is 39.6 Å². The predicted octanol–water partition coefficient (Wildman–Crippen LogP) is 2.96. The van der Waals surface area contributed by atoms with Crippen molar-refractivity contribution in [1.29, 1.82) is 0 Å². The summed E-state index contributed by atoms with van der Waals surface area (Å²) >= 11 is 2.57. The summed E-state index contributed by atoms with van der Waals surface area (Å²) in [5.41, 5.74) is 1.62. The molecule has 1 aromatic heterocycles. The third-order valence-electron chi connectivity index (χ3n) is 5.33. The fraction of sp³-hybridized carbons (Fsp3) is 0.273. The zero-order valence-corrected chi connectivity index (χ0v) is 19.2. The number of hydrogen-bond donors (Lipinski definition) is 1. The molecule has 3 heterocycles. The molecule has 0 aliphatic carbocycles. The lowest BCUT2D eigenvalue weighted by Crippen LogP contribution is -2.49. The molecule has 0 radical (unpaired) electrons. The van der Waals surface area contributed by atoms with E-state index < -0.39 is 0 Å². The van der Waals surface area contributed by atoms with Gasteiger partial charge in [0, 0.05) is 37.4 Å². The number of amides is 2. The van der Waals surface area contributed by atoms with Gasteiger partial charge in [0.1, 0.15) is 0 Å². The molecule has 33 heavy (non-hydrogen) atoms. The summed E-state index contributed by atoms with van der Waals surface area (Å²) < 4.78 is 11.2. The van der Waals surface area contributed by atoms with Crippen LogP contribution >= 0.6 is 23.1 Å². The Morgan fingerprint density at radius 1 is 1.00 bits per heavy atom. The number of fused-ring (bicyclic) bond motifs is 1. The number of thioether (sulfide) groups is 1. The van der Waals surface area contributed by atoms with E-state index in [1.807, 2.05) is 23.1 Å². The summed E-state index contributed by atoms with van der Waals surface area (Å²) in [4.78, 5) is 29.3. The van der Waals surface area contributed by atoms with Crippen molar-refractivity contribution in [1.82, 2.24) is 15.1 Å². The second-order valence-electron chi connectivity index (χ2n) is 7.39. The summed E-state index contributed by atoms with van der Waals surface area (Å²) in [6.07, 6.45) is 0. The SMILES string of the molecule is O=C(Nc1nnc(SCC(=O)N2CCN(c3ccccc3)CC2)s1)c1ccc2c(c1)OCO2. The molecule has 2 aliphatic heterocycles. The first-order valence-corrected chi connectivity index (χ1v) is 12.2. The molecule has 0 saturated carbocycles. The quantitative estimate of drug-likeness (QED) is 0.422. The predicted molar refractivity (Wildman–Crippen MR) is 126 cm³/mol. The van der Waals surface area contributed by atoms with Crippen LogP contribution in [0.1, 0.15) is 10.4 Å². The third kappa shape index (κ3) is 5.04. The summed E-state index contributed by atoms with van der Waals surface area (Å²) in [6.45, 7) is 3.17. The standard InChI is InChI=1S/C22H21N5O4S2/c28-19(27-10-8-26(9-11-27)16-4-2-1-3-5-16)13-32-22-25-24-21(33-22)23-20(29)15-6-7-17-18(12-15)31-14-30-17/h1-7,12H,8-11,13-14H2,(H,23,24,29). The van der Waals surface area contributed by atoms with Crippen molar-refractivity contribution in [3.8, 4) is 11.5 Å². The van der Waals surface area contributed by atoms with Crippen LogP contribution in [0.4, 0.5) is 10.8 Å². The fourth-order valence-electron chi connectivity index (χ4n) is 3.59. The lowest BCUT2D eigenvalue weighted by atomic mass is 10.2. The molecule has 1 fully saturated rings. The van der Waals surface area contributed by atoms with Crippen LogP contribution in [0, 0.1) is 0 Å². The Morgan fingerprint density at radius 3 is 2.61 bits per heavy atom. The van der Waals surface area contributed by atoms with E-state index in [-0.39, 0.29) is 24.4 Å². The van der Waals surface area contributed by atoms with Crippen molar-refractivity contribution in [3.05, 3.63) is 54.1 Å². The van der Waals surface area contributed by atoms with E-state index in [9.17, 15) is 9.59 Å². The van der Waals surface area contributed by atoms with Crippen LogP contribution in [0.15, 0.2) is 52.9 Å². The topological polar surface area (TPSA) is 96.9 Å². The minimum Gasteiger partial charge on any atom is -0.454 e. The van der Waals surface area contributed by atoms with Gasteiger partial charge in [0.05, 0.1) is 5.75 Å². The van der Waals surface area contributed by atoms with E-state index >= 15 is 0 Å². The smallest absolute Gasteiger partial charge is 0.257 e. The van der Waals surface area contributed by atoms with Crippen LogP contribution in [-0.2, 0) is 4.79 Å². The highest BCUT2D eigenvalue weighted by Crippen LogP contribution is 2.33. The van der Waals surface area contributed by atoms with Gasteiger partial charge in [-0.25, -0.2) is 0 Å². The highest BCUT2D eigenvalue weighted by Gasteiger charge is 2.22. The van der Waals surface area contributed by atoms with Gasteiger partial charge in [-0.2, -0.15) is 0 Å². The van der Waals surface area contributed by atoms with Crippen LogP contribution in [-0.4, -0.2) is 65.6 Å². The molecule has 0 spiro atoms. The molecule has 0 unspecified atom stereocenters. The molecule has 0 bridgehead atoms. The van der Waals surface area contributed by atoms with Gasteiger partial charge in [0.25, 0.3) is 5.91 Å². The van der Waals surface area contributed by atoms with Crippen molar-refractivity contribution < 1.29 is 19.1 Å². The molecule has 5 rings (SSSR count). The number of hydrogen-bond acceptors (Lipinski definition) is 9. The first kappa shape index (κ1) is 21.5. The molecule has 170 valence electrons. The molecule has 3 aromatic rings. The minimum atomic E-state index is -0.312. The van der Waals surface area contributed by atoms with Gasteiger partial charge in [0.2, 0.25) is 17.8 Å². The Labute approximate surface area is 198 Å². The van der Waals surface area contributed by atoms with Crippen molar-refractivity contribution in [3.63, 3.8) is 0 Å². The molecular weight excluding hydrogens is 462 g/mol. The number of rotatable bonds is 6. The van der Waals surface area contributed by atoms with Crippen molar-refractivity contribution in [2.24, 2.45) is 0 Å². The van der Waals surface area contributed by atoms with E-state index in [1.165, 1.54) is 28.8 Å². The maximum absolute atomic E-state index is 12.6. The number of ether oxygens (including phenoxy) is 2. The maximum atomic E-state index is 12.6. The summed E-state index contributed by atoms with van der Waals surface area (Å²) in [5, 5.41) is 11.2. The summed E-state index contributed by atoms with van der Waals surface area (Å²) in [5.74, 6) is 1.21. The van der Waals surface area contributed by atoms with Crippen molar-refractivity contribution in [2.45, 2.75) is 4.34 Å². The Hall–Kier alpha value is -3.31. The van der Waals surface area contributed by atoms with Gasteiger partial charge < -0.3 is 19.3 Å². The average Bonchev–Trinajstić information content (AvgIpc) is 3.52. The highest BCUT2D eigenvalue weighted by molar-refractivity contribution is 8.01. The van der Waals surface area contributed by atoms with E-state index in [0.717, 1.165) is 13.1 Å². The van der Waals surface area contributed by atoms with Gasteiger partial charge in [0.15, 0.2) is 15.8 Å². The monoisotopic (exact) mass is 483 g/mol. The second-order valence-corrected chi connectivity index (χ2v) is 9.59. The average molecular weight is 484 g/mol. The van der Waals surface area contributed by atoms with Crippen molar-refractivity contribution in [2.75, 3.05) is 48.9 Å². The van der Waals surface area contributed by atoms with Gasteiger partial charge in [-0.1, -0.05) is 41.3 Å². The van der Waals surface area contributed by atoms with Crippen molar-refractivity contribution >= 4 is 45.7 Å². The number of aromatic nitrogens is 2. The number of anilines is 2. The third-order valence-corrected chi connectivity index (χ3v) is 7.29. The minimum absolute atomic E-state index is 0.0776. The molecule has 9 nitrogen and oxygen atoms in total. The van der Waals surface area contributed by atoms with Gasteiger partial charge in [-0.3, -0.25) is 14.9 Å². The normalized spacial score (nSPS) is 14.9. The Bertz CT molecular complexity index is 1150. The molecular formula is C22H21N5O4S2. The Morgan fingerprint density at radius 2 is 1.79 bits per heavy atom. The zero-order valence-electron chi connectivity index (χ0n) is 17.6. The molecule has 2 aromatic carbocycles. The Kier molecular flexibility index (Phi) is 6.31.